The number of hydrogen-bond donors (Lipinski definition) is 0. The lowest BCUT2D eigenvalue weighted by Gasteiger charge is -2.05. The molecule has 0 unspecified atom stereocenters. The van der Waals surface area contributed by atoms with Crippen LogP contribution in [0.1, 0.15) is 19.4 Å². The fourth-order valence-electron chi connectivity index (χ4n) is 2.87. The summed E-state index contributed by atoms with van der Waals surface area (Å²) in [6, 6.07) is 8.88. The third kappa shape index (κ3) is 3.94. The summed E-state index contributed by atoms with van der Waals surface area (Å²) in [7, 11) is 0. The van der Waals surface area contributed by atoms with Crippen LogP contribution in [0.25, 0.3) is 11.3 Å². The summed E-state index contributed by atoms with van der Waals surface area (Å²) in [5, 5.41) is 17.8. The maximum absolute atomic E-state index is 13.3. The van der Waals surface area contributed by atoms with Crippen LogP contribution in [0.4, 0.5) is 10.1 Å². The molecule has 0 N–H and O–H groups in total. The summed E-state index contributed by atoms with van der Waals surface area (Å²) < 4.78 is 25.5. The van der Waals surface area contributed by atoms with Gasteiger partial charge in [-0.05, 0) is 44.2 Å². The average molecular weight is 428 g/mol. The van der Waals surface area contributed by atoms with Gasteiger partial charge in [0.1, 0.15) is 5.82 Å². The van der Waals surface area contributed by atoms with Crippen molar-refractivity contribution in [2.75, 3.05) is 6.79 Å². The summed E-state index contributed by atoms with van der Waals surface area (Å²) >= 11 is 1.38. The van der Waals surface area contributed by atoms with E-state index in [4.69, 9.17) is 9.47 Å². The van der Waals surface area contributed by atoms with E-state index in [9.17, 15) is 14.5 Å². The fourth-order valence-corrected chi connectivity index (χ4v) is 3.84. The molecular weight excluding hydrogens is 411 g/mol. The smallest absolute Gasteiger partial charge is 0.282 e. The molecule has 30 heavy (non-hydrogen) atoms. The van der Waals surface area contributed by atoms with Gasteiger partial charge in [0.05, 0.1) is 28.5 Å². The molecule has 0 amide bonds. The Balaban J connectivity index is 1.83. The molecule has 0 radical (unpaired) electrons. The van der Waals surface area contributed by atoms with Crippen LogP contribution < -0.4 is 14.3 Å². The Bertz CT molecular complexity index is 1200. The molecule has 0 spiro atoms. The fraction of sp³-hybridized carbons (Fsp3) is 0.200. The van der Waals surface area contributed by atoms with Crippen LogP contribution in [-0.4, -0.2) is 28.6 Å². The van der Waals surface area contributed by atoms with Crippen molar-refractivity contribution >= 4 is 23.2 Å². The number of nitro groups is 1. The topological polar surface area (TPSA) is 91.2 Å². The zero-order valence-electron chi connectivity index (χ0n) is 16.1. The maximum atomic E-state index is 13.3. The Hall–Kier alpha value is -3.53. The van der Waals surface area contributed by atoms with Crippen molar-refractivity contribution in [3.05, 3.63) is 68.1 Å². The highest BCUT2D eigenvalue weighted by atomic mass is 32.1. The molecule has 0 bridgehead atoms. The molecule has 2 heterocycles. The maximum Gasteiger partial charge on any atom is 0.282 e. The molecule has 1 aliphatic heterocycles. The molecule has 0 fully saturated rings. The second-order valence-corrected chi connectivity index (χ2v) is 7.55. The van der Waals surface area contributed by atoms with Crippen molar-refractivity contribution in [1.29, 1.82) is 0 Å². The number of fused-ring (bicyclic) bond motifs is 1. The highest BCUT2D eigenvalue weighted by molar-refractivity contribution is 7.07. The van der Waals surface area contributed by atoms with Crippen LogP contribution in [0.5, 0.6) is 11.5 Å². The summed E-state index contributed by atoms with van der Waals surface area (Å²) in [5.74, 6) is 0.403. The van der Waals surface area contributed by atoms with E-state index in [2.05, 4.69) is 10.1 Å². The highest BCUT2D eigenvalue weighted by Gasteiger charge is 2.22. The van der Waals surface area contributed by atoms with Gasteiger partial charge in [-0.2, -0.15) is 5.10 Å². The van der Waals surface area contributed by atoms with Gasteiger partial charge in [-0.15, -0.1) is 11.3 Å². The third-order valence-corrected chi connectivity index (χ3v) is 5.06. The minimum atomic E-state index is -0.498. The summed E-state index contributed by atoms with van der Waals surface area (Å²) in [6.07, 6.45) is 1.39. The van der Waals surface area contributed by atoms with E-state index >= 15 is 0 Å². The lowest BCUT2D eigenvalue weighted by atomic mass is 10.1. The van der Waals surface area contributed by atoms with Crippen LogP contribution in [0.15, 0.2) is 51.9 Å². The van der Waals surface area contributed by atoms with E-state index in [-0.39, 0.29) is 29.9 Å². The van der Waals surface area contributed by atoms with Crippen molar-refractivity contribution in [2.45, 2.75) is 19.9 Å². The van der Waals surface area contributed by atoms with E-state index in [1.54, 1.807) is 16.8 Å². The normalized spacial score (nSPS) is 13.5. The average Bonchev–Trinajstić information content (AvgIpc) is 3.32. The number of ether oxygens (including phenoxy) is 2. The number of nitrogens with zero attached hydrogens (tertiary/aromatic N) is 4. The van der Waals surface area contributed by atoms with E-state index < -0.39 is 4.92 Å². The minimum Gasteiger partial charge on any atom is -0.454 e. The summed E-state index contributed by atoms with van der Waals surface area (Å²) in [6.45, 7) is 3.89. The quantitative estimate of drug-likeness (QED) is 0.346. The number of halogens is 1. The first kappa shape index (κ1) is 19.8. The molecule has 154 valence electrons. The zero-order valence-corrected chi connectivity index (χ0v) is 16.9. The molecule has 0 aliphatic carbocycles. The molecular formula is C20H17FN4O4S. The van der Waals surface area contributed by atoms with Crippen LogP contribution >= 0.6 is 11.3 Å². The zero-order chi connectivity index (χ0) is 21.3. The second-order valence-electron chi connectivity index (χ2n) is 6.71. The third-order valence-electron chi connectivity index (χ3n) is 4.22. The van der Waals surface area contributed by atoms with Crippen LogP contribution in [0.3, 0.4) is 0 Å². The van der Waals surface area contributed by atoms with Gasteiger partial charge in [0.15, 0.2) is 11.5 Å². The number of rotatable bonds is 5. The van der Waals surface area contributed by atoms with E-state index in [0.29, 0.717) is 22.0 Å². The number of hydrogen-bond acceptors (Lipinski definition) is 7. The molecule has 8 nitrogen and oxygen atoms in total. The van der Waals surface area contributed by atoms with Crippen LogP contribution in [-0.2, 0) is 0 Å². The standard InChI is InChI=1S/C20H17FN4O4S/c1-12(2)23-20-24(17(10-30-20)13-3-5-15(21)6-4-13)22-9-14-7-18-19(29-11-28-18)8-16(14)25(26)27/h3-10,12H,11H2,1-2H3/b22-9-,23-20?. The largest absolute Gasteiger partial charge is 0.454 e. The molecule has 0 atom stereocenters. The molecule has 10 heteroatoms. The number of aromatic nitrogens is 1. The minimum absolute atomic E-state index is 0.0124. The number of nitro benzene ring substituents is 1. The van der Waals surface area contributed by atoms with Crippen molar-refractivity contribution in [2.24, 2.45) is 10.1 Å². The van der Waals surface area contributed by atoms with Gasteiger partial charge in [0.2, 0.25) is 11.6 Å². The van der Waals surface area contributed by atoms with Crippen molar-refractivity contribution in [3.8, 4) is 22.8 Å². The van der Waals surface area contributed by atoms with Gasteiger partial charge in [-0.25, -0.2) is 9.07 Å². The molecule has 1 aromatic heterocycles. The van der Waals surface area contributed by atoms with Gasteiger partial charge in [0.25, 0.3) is 5.69 Å². The Morgan fingerprint density at radius 3 is 2.60 bits per heavy atom. The SMILES string of the molecule is CC(C)N=c1scc(-c2ccc(F)cc2)n1/N=C\c1cc2c(cc1[N+](=O)[O-])OCO2. The van der Waals surface area contributed by atoms with Crippen LogP contribution in [0.2, 0.25) is 0 Å². The van der Waals surface area contributed by atoms with Gasteiger partial charge in [-0.1, -0.05) is 0 Å². The van der Waals surface area contributed by atoms with E-state index in [1.165, 1.54) is 41.8 Å². The monoisotopic (exact) mass is 428 g/mol. The number of thiazole rings is 1. The molecule has 0 saturated heterocycles. The Morgan fingerprint density at radius 2 is 1.93 bits per heavy atom. The summed E-state index contributed by atoms with van der Waals surface area (Å²) in [4.78, 5) is 16.2. The first-order valence-electron chi connectivity index (χ1n) is 9.05. The van der Waals surface area contributed by atoms with Crippen LogP contribution in [0, 0.1) is 15.9 Å². The van der Waals surface area contributed by atoms with Crippen molar-refractivity contribution in [3.63, 3.8) is 0 Å². The predicted octanol–water partition coefficient (Wildman–Crippen LogP) is 4.18. The lowest BCUT2D eigenvalue weighted by Crippen LogP contribution is -2.14. The Morgan fingerprint density at radius 1 is 1.23 bits per heavy atom. The van der Waals surface area contributed by atoms with E-state index in [1.807, 2.05) is 19.2 Å². The van der Waals surface area contributed by atoms with Gasteiger partial charge in [-0.3, -0.25) is 15.1 Å². The van der Waals surface area contributed by atoms with Crippen molar-refractivity contribution < 1.29 is 18.8 Å². The predicted molar refractivity (Wildman–Crippen MR) is 111 cm³/mol. The van der Waals surface area contributed by atoms with E-state index in [0.717, 1.165) is 5.56 Å². The molecule has 2 aromatic carbocycles. The van der Waals surface area contributed by atoms with Gasteiger partial charge >= 0.3 is 0 Å². The first-order valence-corrected chi connectivity index (χ1v) is 9.93. The highest BCUT2D eigenvalue weighted by Crippen LogP contribution is 2.37. The second kappa shape index (κ2) is 8.07. The molecule has 4 rings (SSSR count). The molecule has 0 saturated carbocycles. The lowest BCUT2D eigenvalue weighted by molar-refractivity contribution is -0.385. The first-order chi connectivity index (χ1) is 14.4. The Kier molecular flexibility index (Phi) is 5.32. The van der Waals surface area contributed by atoms with Gasteiger partial charge in [0, 0.05) is 17.0 Å². The Labute approximate surface area is 174 Å². The van der Waals surface area contributed by atoms with Crippen molar-refractivity contribution in [1.82, 2.24) is 4.68 Å². The number of benzene rings is 2. The van der Waals surface area contributed by atoms with Gasteiger partial charge < -0.3 is 9.47 Å². The summed E-state index contributed by atoms with van der Waals surface area (Å²) in [5.41, 5.74) is 1.56. The molecule has 3 aromatic rings. The molecule has 1 aliphatic rings.